The molecular formula is C53H31N3O2. The molecule has 5 heteroatoms. The SMILES string of the molecule is c1ccc(-c2nc(-c3cccc4c(-c5ccc(-c6cccc7ccccc67)c6oc7ccccc7c56)cccc34)nc(-c3cccc4oc5ccccc5c34)n2)cc1. The van der Waals surface area contributed by atoms with E-state index in [-0.39, 0.29) is 0 Å². The summed E-state index contributed by atoms with van der Waals surface area (Å²) in [4.78, 5) is 15.6. The van der Waals surface area contributed by atoms with Crippen LogP contribution in [0.2, 0.25) is 0 Å². The van der Waals surface area contributed by atoms with Gasteiger partial charge in [0.15, 0.2) is 17.5 Å². The molecule has 0 saturated heterocycles. The van der Waals surface area contributed by atoms with Gasteiger partial charge in [-0.05, 0) is 62.5 Å². The maximum atomic E-state index is 6.78. The van der Waals surface area contributed by atoms with Crippen LogP contribution in [0.25, 0.3) is 122 Å². The Bertz CT molecular complexity index is 3580. The zero-order chi connectivity index (χ0) is 38.2. The van der Waals surface area contributed by atoms with Gasteiger partial charge in [0.1, 0.15) is 22.3 Å². The number of fused-ring (bicyclic) bond motifs is 8. The number of benzene rings is 9. The highest BCUT2D eigenvalue weighted by Crippen LogP contribution is 2.45. The standard InChI is InChI=1S/C53H31N3O2/c1-2-15-33(16-3-1)51-54-52(56-53(55-51)44-26-13-29-47-48(44)42-19-6-8-27-45(42)57-47)41-25-12-22-36-37(23-11-24-38(36)41)39-30-31-40(35-21-10-17-32-14-4-5-18-34(32)35)50-49(39)43-20-7-9-28-46(43)58-50/h1-31H. The van der Waals surface area contributed by atoms with Crippen LogP contribution in [0.1, 0.15) is 0 Å². The lowest BCUT2D eigenvalue weighted by Gasteiger charge is -2.14. The Hall–Kier alpha value is -7.89. The number of furan rings is 2. The highest BCUT2D eigenvalue weighted by molar-refractivity contribution is 6.20. The minimum atomic E-state index is 0.588. The van der Waals surface area contributed by atoms with Crippen LogP contribution >= 0.6 is 0 Å². The highest BCUT2D eigenvalue weighted by atomic mass is 16.3. The third-order valence-electron chi connectivity index (χ3n) is 11.4. The number of para-hydroxylation sites is 2. The fourth-order valence-corrected chi connectivity index (χ4v) is 8.76. The lowest BCUT2D eigenvalue weighted by molar-refractivity contribution is 0.669. The van der Waals surface area contributed by atoms with Gasteiger partial charge in [-0.25, -0.2) is 15.0 Å². The maximum absolute atomic E-state index is 6.78. The van der Waals surface area contributed by atoms with Crippen LogP contribution in [-0.2, 0) is 0 Å². The molecule has 3 heterocycles. The van der Waals surface area contributed by atoms with Crippen LogP contribution in [0.5, 0.6) is 0 Å². The summed E-state index contributed by atoms with van der Waals surface area (Å²) in [7, 11) is 0. The zero-order valence-corrected chi connectivity index (χ0v) is 31.1. The molecule has 0 aliphatic heterocycles. The molecule has 0 saturated carbocycles. The Kier molecular flexibility index (Phi) is 7.16. The molecule has 0 unspecified atom stereocenters. The van der Waals surface area contributed by atoms with E-state index >= 15 is 0 Å². The van der Waals surface area contributed by atoms with Gasteiger partial charge < -0.3 is 8.83 Å². The average molecular weight is 742 g/mol. The summed E-state index contributed by atoms with van der Waals surface area (Å²) in [5, 5.41) is 8.71. The van der Waals surface area contributed by atoms with Gasteiger partial charge in [0.25, 0.3) is 0 Å². The van der Waals surface area contributed by atoms with E-state index in [1.807, 2.05) is 66.7 Å². The third kappa shape index (κ3) is 5.00. The lowest BCUT2D eigenvalue weighted by Crippen LogP contribution is -2.01. The summed E-state index contributed by atoms with van der Waals surface area (Å²) in [5.41, 5.74) is 10.5. The Morgan fingerprint density at radius 1 is 0.276 bits per heavy atom. The fraction of sp³-hybridized carbons (Fsp3) is 0. The van der Waals surface area contributed by atoms with Gasteiger partial charge in [-0.2, -0.15) is 0 Å². The smallest absolute Gasteiger partial charge is 0.164 e. The summed E-state index contributed by atoms with van der Waals surface area (Å²) in [5.74, 6) is 1.79. The summed E-state index contributed by atoms with van der Waals surface area (Å²) >= 11 is 0. The average Bonchev–Trinajstić information content (AvgIpc) is 3.88. The quantitative estimate of drug-likeness (QED) is 0.176. The minimum Gasteiger partial charge on any atom is -0.456 e. The van der Waals surface area contributed by atoms with Crippen LogP contribution in [-0.4, -0.2) is 15.0 Å². The van der Waals surface area contributed by atoms with Crippen LogP contribution in [0.15, 0.2) is 197 Å². The third-order valence-corrected chi connectivity index (χ3v) is 11.4. The molecule has 0 bridgehead atoms. The number of hydrogen-bond acceptors (Lipinski definition) is 5. The van der Waals surface area contributed by atoms with Crippen molar-refractivity contribution in [2.24, 2.45) is 0 Å². The Balaban J connectivity index is 1.09. The van der Waals surface area contributed by atoms with E-state index in [9.17, 15) is 0 Å². The van der Waals surface area contributed by atoms with Crippen molar-refractivity contribution >= 4 is 65.4 Å². The molecular weight excluding hydrogens is 711 g/mol. The first-order valence-corrected chi connectivity index (χ1v) is 19.4. The molecule has 3 aromatic heterocycles. The van der Waals surface area contributed by atoms with E-state index in [0.717, 1.165) is 93.6 Å². The number of aromatic nitrogens is 3. The molecule has 0 radical (unpaired) electrons. The van der Waals surface area contributed by atoms with E-state index in [0.29, 0.717) is 17.5 Å². The second kappa shape index (κ2) is 12.8. The molecule has 0 atom stereocenters. The predicted octanol–water partition coefficient (Wildman–Crippen LogP) is 14.3. The monoisotopic (exact) mass is 741 g/mol. The van der Waals surface area contributed by atoms with E-state index in [4.69, 9.17) is 23.8 Å². The molecule has 0 amide bonds. The first kappa shape index (κ1) is 32.4. The topological polar surface area (TPSA) is 65.0 Å². The second-order valence-corrected chi connectivity index (χ2v) is 14.6. The summed E-state index contributed by atoms with van der Waals surface area (Å²) in [6, 6.07) is 65.0. The van der Waals surface area contributed by atoms with Gasteiger partial charge in [-0.3, -0.25) is 0 Å². The van der Waals surface area contributed by atoms with Crippen LogP contribution < -0.4 is 0 Å². The van der Waals surface area contributed by atoms with E-state index in [1.54, 1.807) is 0 Å². The molecule has 0 fully saturated rings. The number of hydrogen-bond donors (Lipinski definition) is 0. The van der Waals surface area contributed by atoms with Crippen molar-refractivity contribution in [3.8, 4) is 56.4 Å². The molecule has 0 aliphatic carbocycles. The van der Waals surface area contributed by atoms with Gasteiger partial charge in [0.05, 0.1) is 0 Å². The molecule has 9 aromatic carbocycles. The molecule has 5 nitrogen and oxygen atoms in total. The Labute approximate surface area is 332 Å². The molecule has 0 N–H and O–H groups in total. The Morgan fingerprint density at radius 3 is 1.59 bits per heavy atom. The zero-order valence-electron chi connectivity index (χ0n) is 31.1. The van der Waals surface area contributed by atoms with Gasteiger partial charge >= 0.3 is 0 Å². The molecule has 270 valence electrons. The van der Waals surface area contributed by atoms with Gasteiger partial charge in [-0.1, -0.05) is 164 Å². The minimum absolute atomic E-state index is 0.588. The summed E-state index contributed by atoms with van der Waals surface area (Å²) < 4.78 is 13.1. The Morgan fingerprint density at radius 2 is 0.776 bits per heavy atom. The van der Waals surface area contributed by atoms with Crippen molar-refractivity contribution in [2.45, 2.75) is 0 Å². The molecule has 0 aliphatic rings. The molecule has 12 aromatic rings. The normalized spacial score (nSPS) is 11.8. The number of nitrogens with zero attached hydrogens (tertiary/aromatic N) is 3. The maximum Gasteiger partial charge on any atom is 0.164 e. The first-order chi connectivity index (χ1) is 28.8. The van der Waals surface area contributed by atoms with Gasteiger partial charge in [0, 0.05) is 43.8 Å². The second-order valence-electron chi connectivity index (χ2n) is 14.6. The first-order valence-electron chi connectivity index (χ1n) is 19.4. The lowest BCUT2D eigenvalue weighted by atomic mass is 9.90. The van der Waals surface area contributed by atoms with Crippen LogP contribution in [0.4, 0.5) is 0 Å². The van der Waals surface area contributed by atoms with Gasteiger partial charge in [-0.15, -0.1) is 0 Å². The summed E-state index contributed by atoms with van der Waals surface area (Å²) in [6.45, 7) is 0. The predicted molar refractivity (Wildman–Crippen MR) is 237 cm³/mol. The fourth-order valence-electron chi connectivity index (χ4n) is 8.76. The van der Waals surface area contributed by atoms with Crippen molar-refractivity contribution in [3.63, 3.8) is 0 Å². The van der Waals surface area contributed by atoms with Crippen molar-refractivity contribution in [1.82, 2.24) is 15.0 Å². The van der Waals surface area contributed by atoms with Crippen molar-refractivity contribution in [1.29, 1.82) is 0 Å². The van der Waals surface area contributed by atoms with Crippen molar-refractivity contribution in [2.75, 3.05) is 0 Å². The molecule has 58 heavy (non-hydrogen) atoms. The number of rotatable bonds is 5. The molecule has 0 spiro atoms. The van der Waals surface area contributed by atoms with Crippen molar-refractivity contribution in [3.05, 3.63) is 188 Å². The van der Waals surface area contributed by atoms with E-state index < -0.39 is 0 Å². The van der Waals surface area contributed by atoms with Crippen LogP contribution in [0, 0.1) is 0 Å². The highest BCUT2D eigenvalue weighted by Gasteiger charge is 2.22. The van der Waals surface area contributed by atoms with Crippen molar-refractivity contribution < 1.29 is 8.83 Å². The van der Waals surface area contributed by atoms with E-state index in [1.165, 1.54) is 10.8 Å². The molecule has 12 rings (SSSR count). The van der Waals surface area contributed by atoms with Crippen LogP contribution in [0.3, 0.4) is 0 Å². The van der Waals surface area contributed by atoms with E-state index in [2.05, 4.69) is 121 Å². The summed E-state index contributed by atoms with van der Waals surface area (Å²) in [6.07, 6.45) is 0. The largest absolute Gasteiger partial charge is 0.456 e. The van der Waals surface area contributed by atoms with Gasteiger partial charge in [0.2, 0.25) is 0 Å².